The predicted molar refractivity (Wildman–Crippen MR) is 101 cm³/mol. The summed E-state index contributed by atoms with van der Waals surface area (Å²) < 4.78 is 9.18. The topological polar surface area (TPSA) is 93.1 Å². The van der Waals surface area contributed by atoms with E-state index in [1.54, 1.807) is 0 Å². The summed E-state index contributed by atoms with van der Waals surface area (Å²) >= 11 is 0. The number of methoxy groups -OCH3 is 2. The van der Waals surface area contributed by atoms with Gasteiger partial charge in [0.2, 0.25) is 0 Å². The molecule has 6 heteroatoms. The van der Waals surface area contributed by atoms with E-state index in [0.717, 1.165) is 64.2 Å². The maximum Gasteiger partial charge on any atom is 0.305 e. The Bertz CT molecular complexity index is 324. The Kier molecular flexibility index (Phi) is 16.5. The molecule has 0 rings (SSSR count). The molecule has 2 N–H and O–H groups in total. The Hall–Kier alpha value is -1.14. The molecule has 0 radical (unpaired) electrons. The number of ether oxygens (including phenoxy) is 2. The zero-order valence-corrected chi connectivity index (χ0v) is 16.6. The van der Waals surface area contributed by atoms with Crippen molar-refractivity contribution in [3.63, 3.8) is 0 Å². The summed E-state index contributed by atoms with van der Waals surface area (Å²) in [5.41, 5.74) is 0. The summed E-state index contributed by atoms with van der Waals surface area (Å²) in [5, 5.41) is 20.0. The number of hydrogen-bond acceptors (Lipinski definition) is 6. The van der Waals surface area contributed by atoms with E-state index >= 15 is 0 Å². The van der Waals surface area contributed by atoms with Gasteiger partial charge in [-0.1, -0.05) is 51.4 Å². The summed E-state index contributed by atoms with van der Waals surface area (Å²) in [6.07, 6.45) is 10.4. The standard InChI is InChI=1S/C20H38O6/c1-25-19(23)15-11-7-3-5-9-13-17(21)18(22)14-10-6-4-8-12-16-20(24)26-2/h17-18,21-22H,3-16H2,1-2H3/t17-,18-/m0/s1. The summed E-state index contributed by atoms with van der Waals surface area (Å²) in [4.78, 5) is 21.9. The van der Waals surface area contributed by atoms with E-state index in [0.29, 0.717) is 25.7 Å². The Morgan fingerprint density at radius 2 is 0.923 bits per heavy atom. The van der Waals surface area contributed by atoms with Gasteiger partial charge in [0.15, 0.2) is 0 Å². The van der Waals surface area contributed by atoms with Crippen LogP contribution in [0.3, 0.4) is 0 Å². The Morgan fingerprint density at radius 3 is 1.27 bits per heavy atom. The van der Waals surface area contributed by atoms with Crippen molar-refractivity contribution in [2.45, 2.75) is 102 Å². The zero-order chi connectivity index (χ0) is 19.6. The van der Waals surface area contributed by atoms with Gasteiger partial charge < -0.3 is 19.7 Å². The molecule has 0 unspecified atom stereocenters. The van der Waals surface area contributed by atoms with Crippen LogP contribution in [0.1, 0.15) is 89.9 Å². The van der Waals surface area contributed by atoms with Crippen molar-refractivity contribution in [1.82, 2.24) is 0 Å². The van der Waals surface area contributed by atoms with Crippen LogP contribution in [0, 0.1) is 0 Å². The van der Waals surface area contributed by atoms with Crippen LogP contribution < -0.4 is 0 Å². The Morgan fingerprint density at radius 1 is 0.615 bits per heavy atom. The maximum absolute atomic E-state index is 11.0. The van der Waals surface area contributed by atoms with Crippen LogP contribution in [0.4, 0.5) is 0 Å². The SMILES string of the molecule is COC(=O)CCCCCCC[C@H](O)[C@@H](O)CCCCCCCC(=O)OC. The first-order valence-corrected chi connectivity index (χ1v) is 10.0. The molecule has 0 heterocycles. The van der Waals surface area contributed by atoms with Crippen molar-refractivity contribution in [3.05, 3.63) is 0 Å². The molecule has 0 bridgehead atoms. The van der Waals surface area contributed by atoms with Crippen molar-refractivity contribution < 1.29 is 29.3 Å². The lowest BCUT2D eigenvalue weighted by molar-refractivity contribution is -0.141. The highest BCUT2D eigenvalue weighted by Gasteiger charge is 2.15. The third kappa shape index (κ3) is 15.1. The first kappa shape index (κ1) is 24.9. The average molecular weight is 375 g/mol. The first-order chi connectivity index (χ1) is 12.5. The smallest absolute Gasteiger partial charge is 0.305 e. The van der Waals surface area contributed by atoms with Crippen LogP contribution in [0.2, 0.25) is 0 Å². The molecule has 0 aliphatic carbocycles. The number of carbonyl (C=O) groups excluding carboxylic acids is 2. The summed E-state index contributed by atoms with van der Waals surface area (Å²) in [6.45, 7) is 0. The number of unbranched alkanes of at least 4 members (excludes halogenated alkanes) is 8. The van der Waals surface area contributed by atoms with E-state index < -0.39 is 12.2 Å². The second-order valence-electron chi connectivity index (χ2n) is 6.90. The molecule has 0 spiro atoms. The Labute approximate surface area is 158 Å². The molecule has 154 valence electrons. The zero-order valence-electron chi connectivity index (χ0n) is 16.6. The number of aliphatic hydroxyl groups excluding tert-OH is 2. The van der Waals surface area contributed by atoms with Crippen molar-refractivity contribution in [2.24, 2.45) is 0 Å². The fourth-order valence-electron chi connectivity index (χ4n) is 2.90. The van der Waals surface area contributed by atoms with Crippen molar-refractivity contribution in [3.8, 4) is 0 Å². The molecule has 0 aliphatic heterocycles. The van der Waals surface area contributed by atoms with E-state index in [9.17, 15) is 19.8 Å². The second-order valence-corrected chi connectivity index (χ2v) is 6.90. The van der Waals surface area contributed by atoms with Crippen molar-refractivity contribution >= 4 is 11.9 Å². The van der Waals surface area contributed by atoms with Gasteiger partial charge in [0.05, 0.1) is 26.4 Å². The molecule has 0 aromatic heterocycles. The van der Waals surface area contributed by atoms with Gasteiger partial charge in [-0.05, 0) is 25.7 Å². The van der Waals surface area contributed by atoms with Gasteiger partial charge >= 0.3 is 11.9 Å². The van der Waals surface area contributed by atoms with Crippen molar-refractivity contribution in [1.29, 1.82) is 0 Å². The maximum atomic E-state index is 11.0. The minimum atomic E-state index is -0.649. The molecular weight excluding hydrogens is 336 g/mol. The predicted octanol–water partition coefficient (Wildman–Crippen LogP) is 3.52. The normalized spacial score (nSPS) is 13.2. The lowest BCUT2D eigenvalue weighted by atomic mass is 9.99. The molecule has 0 aromatic rings. The van der Waals surface area contributed by atoms with Gasteiger partial charge in [-0.15, -0.1) is 0 Å². The minimum absolute atomic E-state index is 0.160. The average Bonchev–Trinajstić information content (AvgIpc) is 2.65. The van der Waals surface area contributed by atoms with E-state index in [1.165, 1.54) is 14.2 Å². The highest BCUT2D eigenvalue weighted by atomic mass is 16.5. The number of aliphatic hydroxyl groups is 2. The minimum Gasteiger partial charge on any atom is -0.469 e. The van der Waals surface area contributed by atoms with Gasteiger partial charge in [-0.2, -0.15) is 0 Å². The van der Waals surface area contributed by atoms with E-state index in [-0.39, 0.29) is 11.9 Å². The number of hydrogen-bond donors (Lipinski definition) is 2. The fraction of sp³-hybridized carbons (Fsp3) is 0.900. The molecule has 0 fully saturated rings. The van der Waals surface area contributed by atoms with Crippen LogP contribution in [-0.2, 0) is 19.1 Å². The molecule has 0 amide bonds. The van der Waals surface area contributed by atoms with Crippen LogP contribution >= 0.6 is 0 Å². The molecule has 0 saturated carbocycles. The molecular formula is C20H38O6. The van der Waals surface area contributed by atoms with Gasteiger partial charge in [-0.25, -0.2) is 0 Å². The quantitative estimate of drug-likeness (QED) is 0.299. The summed E-state index contributed by atoms with van der Waals surface area (Å²) in [7, 11) is 2.81. The van der Waals surface area contributed by atoms with E-state index in [2.05, 4.69) is 9.47 Å². The van der Waals surface area contributed by atoms with E-state index in [4.69, 9.17) is 0 Å². The van der Waals surface area contributed by atoms with Gasteiger partial charge in [0, 0.05) is 12.8 Å². The van der Waals surface area contributed by atoms with Gasteiger partial charge in [0.25, 0.3) is 0 Å². The van der Waals surface area contributed by atoms with Crippen LogP contribution in [0.5, 0.6) is 0 Å². The highest BCUT2D eigenvalue weighted by molar-refractivity contribution is 5.69. The monoisotopic (exact) mass is 374 g/mol. The summed E-state index contributed by atoms with van der Waals surface area (Å²) in [6, 6.07) is 0. The molecule has 0 aliphatic rings. The molecule has 2 atom stereocenters. The van der Waals surface area contributed by atoms with Gasteiger partial charge in [0.1, 0.15) is 0 Å². The molecule has 26 heavy (non-hydrogen) atoms. The largest absolute Gasteiger partial charge is 0.469 e. The van der Waals surface area contributed by atoms with Crippen LogP contribution in [-0.4, -0.2) is 48.6 Å². The van der Waals surface area contributed by atoms with Crippen molar-refractivity contribution in [2.75, 3.05) is 14.2 Å². The third-order valence-corrected chi connectivity index (χ3v) is 4.66. The van der Waals surface area contributed by atoms with Crippen LogP contribution in [0.25, 0.3) is 0 Å². The van der Waals surface area contributed by atoms with Gasteiger partial charge in [-0.3, -0.25) is 9.59 Å². The molecule has 0 aromatic carbocycles. The molecule has 6 nitrogen and oxygen atoms in total. The highest BCUT2D eigenvalue weighted by Crippen LogP contribution is 2.15. The second kappa shape index (κ2) is 17.3. The summed E-state index contributed by atoms with van der Waals surface area (Å²) in [5.74, 6) is -0.320. The lowest BCUT2D eigenvalue weighted by Gasteiger charge is -2.17. The lowest BCUT2D eigenvalue weighted by Crippen LogP contribution is -2.25. The number of carbonyl (C=O) groups is 2. The third-order valence-electron chi connectivity index (χ3n) is 4.66. The van der Waals surface area contributed by atoms with Crippen LogP contribution in [0.15, 0.2) is 0 Å². The molecule has 0 saturated heterocycles. The van der Waals surface area contributed by atoms with E-state index in [1.807, 2.05) is 0 Å². The number of rotatable bonds is 17. The fourth-order valence-corrected chi connectivity index (χ4v) is 2.90. The number of esters is 2. The first-order valence-electron chi connectivity index (χ1n) is 10.0. The Balaban J connectivity index is 3.44.